The molecule has 0 aliphatic rings. The molecular formula is C8H9NO5S. The Bertz CT molecular complexity index is 480. The van der Waals surface area contributed by atoms with Crippen LogP contribution in [0.3, 0.4) is 0 Å². The Morgan fingerprint density at radius 3 is 2.40 bits per heavy atom. The lowest BCUT2D eigenvalue weighted by Gasteiger charge is -2.06. The fourth-order valence-electron chi connectivity index (χ4n) is 1.03. The van der Waals surface area contributed by atoms with Crippen LogP contribution < -0.4 is 0 Å². The second kappa shape index (κ2) is 3.95. The van der Waals surface area contributed by atoms with Crippen molar-refractivity contribution < 1.29 is 18.4 Å². The molecule has 1 atom stereocenters. The molecule has 0 fully saturated rings. The Hall–Kier alpha value is -1.47. The highest BCUT2D eigenvalue weighted by molar-refractivity contribution is 7.92. The first-order valence-electron chi connectivity index (χ1n) is 4.02. The van der Waals surface area contributed by atoms with E-state index in [1.54, 1.807) is 0 Å². The average Bonchev–Trinajstić information content (AvgIpc) is 2.17. The van der Waals surface area contributed by atoms with Crippen LogP contribution in [-0.2, 0) is 9.84 Å². The lowest BCUT2D eigenvalue weighted by Crippen LogP contribution is -2.18. The van der Waals surface area contributed by atoms with Gasteiger partial charge in [0.15, 0.2) is 5.44 Å². The van der Waals surface area contributed by atoms with Crippen LogP contribution in [0.25, 0.3) is 0 Å². The highest BCUT2D eigenvalue weighted by Crippen LogP contribution is 2.25. The van der Waals surface area contributed by atoms with E-state index < -0.39 is 30.8 Å². The van der Waals surface area contributed by atoms with Crippen LogP contribution in [0.5, 0.6) is 0 Å². The molecule has 0 aliphatic carbocycles. The molecule has 7 heteroatoms. The minimum absolute atomic E-state index is 0.468. The van der Waals surface area contributed by atoms with Gasteiger partial charge >= 0.3 is 0 Å². The third kappa shape index (κ3) is 2.13. The zero-order chi connectivity index (χ0) is 11.6. The molecule has 0 spiro atoms. The zero-order valence-electron chi connectivity index (χ0n) is 7.82. The van der Waals surface area contributed by atoms with Gasteiger partial charge in [-0.15, -0.1) is 0 Å². The fourth-order valence-corrected chi connectivity index (χ4v) is 2.10. The molecule has 0 aliphatic heterocycles. The number of nitro groups is 1. The van der Waals surface area contributed by atoms with Crippen molar-refractivity contribution in [3.63, 3.8) is 0 Å². The molecule has 1 aromatic rings. The molecule has 0 amide bonds. The van der Waals surface area contributed by atoms with Crippen molar-refractivity contribution in [2.75, 3.05) is 0 Å². The lowest BCUT2D eigenvalue weighted by molar-refractivity contribution is -0.387. The van der Waals surface area contributed by atoms with Gasteiger partial charge in [-0.05, 0) is 13.0 Å². The summed E-state index contributed by atoms with van der Waals surface area (Å²) in [5, 5.41) is 19.6. The standard InChI is InChI=1S/C8H9NO5S/c1-6(10)15(13,14)8-5-3-2-4-7(8)9(11)12/h2-6,10H,1H3. The molecule has 0 bridgehead atoms. The van der Waals surface area contributed by atoms with Gasteiger partial charge in [-0.1, -0.05) is 12.1 Å². The minimum Gasteiger partial charge on any atom is -0.377 e. The van der Waals surface area contributed by atoms with Crippen LogP contribution in [-0.4, -0.2) is 23.9 Å². The van der Waals surface area contributed by atoms with Gasteiger partial charge in [0.05, 0.1) is 4.92 Å². The van der Waals surface area contributed by atoms with Crippen molar-refractivity contribution in [1.82, 2.24) is 0 Å². The van der Waals surface area contributed by atoms with Crippen LogP contribution in [0, 0.1) is 10.1 Å². The largest absolute Gasteiger partial charge is 0.377 e. The highest BCUT2D eigenvalue weighted by Gasteiger charge is 2.28. The second-order valence-electron chi connectivity index (χ2n) is 2.87. The first kappa shape index (κ1) is 11.6. The van der Waals surface area contributed by atoms with E-state index in [1.165, 1.54) is 12.1 Å². The molecule has 0 saturated carbocycles. The Morgan fingerprint density at radius 1 is 1.40 bits per heavy atom. The Balaban J connectivity index is 3.45. The van der Waals surface area contributed by atoms with E-state index in [2.05, 4.69) is 0 Å². The van der Waals surface area contributed by atoms with E-state index >= 15 is 0 Å². The normalized spacial score (nSPS) is 13.5. The number of para-hydroxylation sites is 1. The molecule has 1 N–H and O–H groups in total. The van der Waals surface area contributed by atoms with E-state index in [4.69, 9.17) is 5.11 Å². The zero-order valence-corrected chi connectivity index (χ0v) is 8.64. The van der Waals surface area contributed by atoms with Crippen LogP contribution >= 0.6 is 0 Å². The molecular weight excluding hydrogens is 222 g/mol. The molecule has 6 nitrogen and oxygen atoms in total. The van der Waals surface area contributed by atoms with E-state index in [0.29, 0.717) is 0 Å². The smallest absolute Gasteiger partial charge is 0.288 e. The van der Waals surface area contributed by atoms with Gasteiger partial charge in [0.1, 0.15) is 4.90 Å². The van der Waals surface area contributed by atoms with Crippen molar-refractivity contribution in [2.45, 2.75) is 17.3 Å². The molecule has 1 rings (SSSR count). The summed E-state index contributed by atoms with van der Waals surface area (Å²) in [5.74, 6) is 0. The first-order valence-corrected chi connectivity index (χ1v) is 5.57. The van der Waals surface area contributed by atoms with Crippen molar-refractivity contribution in [1.29, 1.82) is 0 Å². The summed E-state index contributed by atoms with van der Waals surface area (Å²) in [6.07, 6.45) is 0. The van der Waals surface area contributed by atoms with Crippen LogP contribution in [0.4, 0.5) is 5.69 Å². The van der Waals surface area contributed by atoms with Gasteiger partial charge in [-0.25, -0.2) is 8.42 Å². The molecule has 0 heterocycles. The predicted octanol–water partition coefficient (Wildman–Crippen LogP) is 0.707. The monoisotopic (exact) mass is 231 g/mol. The van der Waals surface area contributed by atoms with Crippen LogP contribution in [0.2, 0.25) is 0 Å². The summed E-state index contributed by atoms with van der Waals surface area (Å²) in [7, 11) is -4.04. The number of aliphatic hydroxyl groups is 1. The maximum absolute atomic E-state index is 11.5. The molecule has 0 aromatic heterocycles. The van der Waals surface area contributed by atoms with E-state index in [-0.39, 0.29) is 0 Å². The second-order valence-corrected chi connectivity index (χ2v) is 5.08. The number of benzene rings is 1. The van der Waals surface area contributed by atoms with Gasteiger partial charge in [-0.2, -0.15) is 0 Å². The third-order valence-electron chi connectivity index (χ3n) is 1.82. The summed E-state index contributed by atoms with van der Waals surface area (Å²) >= 11 is 0. The SMILES string of the molecule is CC(O)S(=O)(=O)c1ccccc1[N+](=O)[O-]. The number of aliphatic hydroxyl groups excluding tert-OH is 1. The van der Waals surface area contributed by atoms with Crippen LogP contribution in [0.1, 0.15) is 6.92 Å². The van der Waals surface area contributed by atoms with Gasteiger partial charge in [0, 0.05) is 6.07 Å². The maximum atomic E-state index is 11.5. The molecule has 1 unspecified atom stereocenters. The average molecular weight is 231 g/mol. The van der Waals surface area contributed by atoms with E-state index in [1.807, 2.05) is 0 Å². The quantitative estimate of drug-likeness (QED) is 0.610. The van der Waals surface area contributed by atoms with Crippen LogP contribution in [0.15, 0.2) is 29.2 Å². The van der Waals surface area contributed by atoms with E-state index in [0.717, 1.165) is 19.1 Å². The summed E-state index contributed by atoms with van der Waals surface area (Å²) in [6.45, 7) is 1.05. The lowest BCUT2D eigenvalue weighted by atomic mass is 10.3. The number of rotatable bonds is 3. The summed E-state index contributed by atoms with van der Waals surface area (Å²) < 4.78 is 23.0. The molecule has 0 radical (unpaired) electrons. The fraction of sp³-hybridized carbons (Fsp3) is 0.250. The minimum atomic E-state index is -4.04. The molecule has 15 heavy (non-hydrogen) atoms. The van der Waals surface area contributed by atoms with Gasteiger partial charge in [0.2, 0.25) is 9.84 Å². The van der Waals surface area contributed by atoms with Crippen molar-refractivity contribution in [3.05, 3.63) is 34.4 Å². The third-order valence-corrected chi connectivity index (χ3v) is 3.67. The molecule has 82 valence electrons. The summed E-state index contributed by atoms with van der Waals surface area (Å²) in [5.41, 5.74) is -2.20. The topological polar surface area (TPSA) is 97.5 Å². The number of hydrogen-bond donors (Lipinski definition) is 1. The van der Waals surface area contributed by atoms with E-state index in [9.17, 15) is 18.5 Å². The highest BCUT2D eigenvalue weighted by atomic mass is 32.2. The van der Waals surface area contributed by atoms with Gasteiger partial charge < -0.3 is 5.11 Å². The van der Waals surface area contributed by atoms with Gasteiger partial charge in [0.25, 0.3) is 5.69 Å². The number of hydrogen-bond acceptors (Lipinski definition) is 5. The number of nitrogens with zero attached hydrogens (tertiary/aromatic N) is 1. The Labute approximate surface area is 86.2 Å². The number of nitro benzene ring substituents is 1. The summed E-state index contributed by atoms with van der Waals surface area (Å²) in [6, 6.07) is 4.90. The Kier molecular flexibility index (Phi) is 3.06. The van der Waals surface area contributed by atoms with Crippen molar-refractivity contribution in [2.24, 2.45) is 0 Å². The molecule has 1 aromatic carbocycles. The Morgan fingerprint density at radius 2 is 1.93 bits per heavy atom. The van der Waals surface area contributed by atoms with Crippen molar-refractivity contribution >= 4 is 15.5 Å². The predicted molar refractivity (Wildman–Crippen MR) is 52.0 cm³/mol. The number of sulfone groups is 1. The summed E-state index contributed by atoms with van der Waals surface area (Å²) in [4.78, 5) is 9.29. The van der Waals surface area contributed by atoms with Gasteiger partial charge in [-0.3, -0.25) is 10.1 Å². The first-order chi connectivity index (χ1) is 6.87. The molecule has 0 saturated heterocycles. The maximum Gasteiger partial charge on any atom is 0.288 e. The van der Waals surface area contributed by atoms with Crippen molar-refractivity contribution in [3.8, 4) is 0 Å².